The second kappa shape index (κ2) is 6.04. The normalized spacial score (nSPS) is 14.7. The van der Waals surface area contributed by atoms with Crippen LogP contribution in [0, 0.1) is 0 Å². The number of likely N-dealkylation sites (N-methyl/N-ethyl adjacent to an activating group) is 1. The molecule has 2 aromatic heterocycles. The lowest BCUT2D eigenvalue weighted by Gasteiger charge is -2.29. The zero-order valence-electron chi connectivity index (χ0n) is 13.1. The molecule has 2 heterocycles. The summed E-state index contributed by atoms with van der Waals surface area (Å²) in [6.45, 7) is 3.36. The molecule has 0 saturated heterocycles. The Hall–Kier alpha value is -1.96. The Bertz CT molecular complexity index is 784. The lowest BCUT2D eigenvalue weighted by molar-refractivity contribution is -0.132. The molecule has 0 fully saturated rings. The molecular formula is C14H20N4O3S. The number of amides is 1. The van der Waals surface area contributed by atoms with Crippen LogP contribution in [-0.4, -0.2) is 58.6 Å². The van der Waals surface area contributed by atoms with E-state index in [-0.39, 0.29) is 12.5 Å². The number of sulfone groups is 1. The van der Waals surface area contributed by atoms with Crippen LogP contribution in [0.2, 0.25) is 0 Å². The average molecular weight is 324 g/mol. The fraction of sp³-hybridized carbons (Fsp3) is 0.500. The van der Waals surface area contributed by atoms with Gasteiger partial charge in [0.2, 0.25) is 5.91 Å². The highest BCUT2D eigenvalue weighted by atomic mass is 32.2. The Labute approximate surface area is 129 Å². The molecule has 120 valence electrons. The van der Waals surface area contributed by atoms with Gasteiger partial charge in [0.25, 0.3) is 0 Å². The van der Waals surface area contributed by atoms with Crippen molar-refractivity contribution in [1.82, 2.24) is 19.7 Å². The summed E-state index contributed by atoms with van der Waals surface area (Å²) in [6, 6.07) is 3.25. The molecule has 0 aliphatic heterocycles. The molecule has 22 heavy (non-hydrogen) atoms. The average Bonchev–Trinajstić information content (AvgIpc) is 2.87. The van der Waals surface area contributed by atoms with Gasteiger partial charge in [0.15, 0.2) is 15.5 Å². The van der Waals surface area contributed by atoms with Crippen LogP contribution in [0.5, 0.6) is 0 Å². The Morgan fingerprint density at radius 3 is 2.73 bits per heavy atom. The molecule has 2 aromatic rings. The number of aromatic nitrogens is 3. The number of pyridine rings is 1. The van der Waals surface area contributed by atoms with E-state index in [9.17, 15) is 13.2 Å². The monoisotopic (exact) mass is 324 g/mol. The topological polar surface area (TPSA) is 85.2 Å². The number of fused-ring (bicyclic) bond motifs is 1. The van der Waals surface area contributed by atoms with Crippen molar-refractivity contribution in [3.63, 3.8) is 0 Å². The summed E-state index contributed by atoms with van der Waals surface area (Å²) in [6.07, 6.45) is 4.47. The third kappa shape index (κ3) is 3.27. The van der Waals surface area contributed by atoms with E-state index in [1.165, 1.54) is 15.8 Å². The largest absolute Gasteiger partial charge is 0.340 e. The predicted molar refractivity (Wildman–Crippen MR) is 84.1 cm³/mol. The highest BCUT2D eigenvalue weighted by Crippen LogP contribution is 2.13. The summed E-state index contributed by atoms with van der Waals surface area (Å²) in [5.74, 6) is -0.210. The predicted octanol–water partition coefficient (Wildman–Crippen LogP) is 0.711. The molecule has 0 bridgehead atoms. The van der Waals surface area contributed by atoms with Gasteiger partial charge < -0.3 is 4.90 Å². The number of hydrogen-bond donors (Lipinski definition) is 0. The Morgan fingerprint density at radius 2 is 2.09 bits per heavy atom. The molecule has 0 aromatic carbocycles. The van der Waals surface area contributed by atoms with Crippen LogP contribution in [0.25, 0.3) is 11.0 Å². The van der Waals surface area contributed by atoms with E-state index in [4.69, 9.17) is 0 Å². The Balaban J connectivity index is 2.15. The second-order valence-electron chi connectivity index (χ2n) is 5.50. The van der Waals surface area contributed by atoms with Crippen molar-refractivity contribution in [3.05, 3.63) is 24.5 Å². The first-order valence-electron chi connectivity index (χ1n) is 6.93. The number of hydrogen-bond acceptors (Lipinski definition) is 5. The minimum atomic E-state index is -3.21. The van der Waals surface area contributed by atoms with Crippen LogP contribution in [0.1, 0.15) is 13.8 Å². The first kappa shape index (κ1) is 16.4. The van der Waals surface area contributed by atoms with Crippen molar-refractivity contribution in [2.75, 3.05) is 13.3 Å². The second-order valence-corrected chi connectivity index (χ2v) is 7.90. The third-order valence-electron chi connectivity index (χ3n) is 4.04. The molecule has 8 heteroatoms. The maximum Gasteiger partial charge on any atom is 0.244 e. The van der Waals surface area contributed by atoms with Gasteiger partial charge in [-0.3, -0.25) is 4.79 Å². The molecular weight excluding hydrogens is 304 g/mol. The summed E-state index contributed by atoms with van der Waals surface area (Å²) in [5, 5.41) is 4.39. The van der Waals surface area contributed by atoms with Crippen LogP contribution in [-0.2, 0) is 21.2 Å². The van der Waals surface area contributed by atoms with Gasteiger partial charge in [0, 0.05) is 30.9 Å². The van der Waals surface area contributed by atoms with Gasteiger partial charge in [-0.1, -0.05) is 0 Å². The number of carbonyl (C=O) groups excluding carboxylic acids is 1. The molecule has 0 N–H and O–H groups in total. The van der Waals surface area contributed by atoms with Gasteiger partial charge in [-0.15, -0.1) is 0 Å². The molecule has 2 rings (SSSR count). The lowest BCUT2D eigenvalue weighted by Crippen LogP contribution is -2.45. The molecule has 0 aliphatic carbocycles. The van der Waals surface area contributed by atoms with Crippen molar-refractivity contribution in [1.29, 1.82) is 0 Å². The Kier molecular flexibility index (Phi) is 4.50. The van der Waals surface area contributed by atoms with Gasteiger partial charge in [0.1, 0.15) is 6.54 Å². The van der Waals surface area contributed by atoms with E-state index in [1.54, 1.807) is 39.4 Å². The molecule has 0 saturated carbocycles. The summed E-state index contributed by atoms with van der Waals surface area (Å²) < 4.78 is 24.8. The molecule has 2 atom stereocenters. The smallest absolute Gasteiger partial charge is 0.244 e. The minimum absolute atomic E-state index is 0.0256. The van der Waals surface area contributed by atoms with Crippen LogP contribution in [0.4, 0.5) is 0 Å². The third-order valence-corrected chi connectivity index (χ3v) is 5.79. The number of nitrogens with zero attached hydrogens (tertiary/aromatic N) is 4. The highest BCUT2D eigenvalue weighted by molar-refractivity contribution is 7.91. The fourth-order valence-corrected chi connectivity index (χ4v) is 3.07. The van der Waals surface area contributed by atoms with Crippen molar-refractivity contribution in [2.24, 2.45) is 0 Å². The van der Waals surface area contributed by atoms with Gasteiger partial charge >= 0.3 is 0 Å². The molecule has 0 spiro atoms. The van der Waals surface area contributed by atoms with Crippen molar-refractivity contribution in [3.8, 4) is 0 Å². The van der Waals surface area contributed by atoms with Gasteiger partial charge in [-0.05, 0) is 26.0 Å². The first-order valence-corrected chi connectivity index (χ1v) is 8.88. The summed E-state index contributed by atoms with van der Waals surface area (Å²) >= 11 is 0. The highest BCUT2D eigenvalue weighted by Gasteiger charge is 2.28. The van der Waals surface area contributed by atoms with E-state index in [2.05, 4.69) is 10.1 Å². The van der Waals surface area contributed by atoms with Gasteiger partial charge in [-0.25, -0.2) is 18.1 Å². The zero-order valence-corrected chi connectivity index (χ0v) is 13.9. The molecule has 0 aliphatic rings. The summed E-state index contributed by atoms with van der Waals surface area (Å²) in [4.78, 5) is 18.0. The standard InChI is InChI=1S/C14H20N4O3S/c1-10(11(2)22(4,20)21)17(3)13(19)9-18-14-12(8-16-18)6-5-7-15-14/h5-8,10-11H,9H2,1-4H3. The van der Waals surface area contributed by atoms with Crippen LogP contribution < -0.4 is 0 Å². The molecule has 1 amide bonds. The van der Waals surface area contributed by atoms with Gasteiger partial charge in [-0.2, -0.15) is 5.10 Å². The van der Waals surface area contributed by atoms with Crippen LogP contribution in [0.15, 0.2) is 24.5 Å². The number of carbonyl (C=O) groups is 1. The van der Waals surface area contributed by atoms with Crippen molar-refractivity contribution in [2.45, 2.75) is 31.7 Å². The van der Waals surface area contributed by atoms with Gasteiger partial charge in [0.05, 0.1) is 11.4 Å². The summed E-state index contributed by atoms with van der Waals surface area (Å²) in [5.41, 5.74) is 0.632. The molecule has 7 nitrogen and oxygen atoms in total. The maximum atomic E-state index is 12.4. The maximum absolute atomic E-state index is 12.4. The van der Waals surface area contributed by atoms with Crippen molar-refractivity contribution >= 4 is 26.8 Å². The molecule has 0 radical (unpaired) electrons. The fourth-order valence-electron chi connectivity index (χ4n) is 2.17. The zero-order chi connectivity index (χ0) is 16.5. The molecule has 2 unspecified atom stereocenters. The van der Waals surface area contributed by atoms with Crippen molar-refractivity contribution < 1.29 is 13.2 Å². The van der Waals surface area contributed by atoms with E-state index in [0.717, 1.165) is 5.39 Å². The van der Waals surface area contributed by atoms with E-state index < -0.39 is 21.1 Å². The van der Waals surface area contributed by atoms with Crippen LogP contribution in [0.3, 0.4) is 0 Å². The van der Waals surface area contributed by atoms with E-state index in [0.29, 0.717) is 5.65 Å². The Morgan fingerprint density at radius 1 is 1.41 bits per heavy atom. The SMILES string of the molecule is CC(C(C)S(C)(=O)=O)N(C)C(=O)Cn1ncc2cccnc21. The lowest BCUT2D eigenvalue weighted by atomic mass is 10.2. The summed E-state index contributed by atoms with van der Waals surface area (Å²) in [7, 11) is -1.60. The number of rotatable bonds is 5. The van der Waals surface area contributed by atoms with E-state index >= 15 is 0 Å². The van der Waals surface area contributed by atoms with Crippen LogP contribution >= 0.6 is 0 Å². The quantitative estimate of drug-likeness (QED) is 0.808. The first-order chi connectivity index (χ1) is 10.2. The minimum Gasteiger partial charge on any atom is -0.340 e. The van der Waals surface area contributed by atoms with E-state index in [1.807, 2.05) is 6.07 Å².